The Morgan fingerprint density at radius 2 is 2.04 bits per heavy atom. The summed E-state index contributed by atoms with van der Waals surface area (Å²) in [7, 11) is 0. The number of halogens is 1. The zero-order valence-electron chi connectivity index (χ0n) is 13.5. The van der Waals surface area contributed by atoms with Crippen molar-refractivity contribution < 1.29 is 9.90 Å². The van der Waals surface area contributed by atoms with Crippen LogP contribution in [0.1, 0.15) is 11.3 Å². The fourth-order valence-electron chi connectivity index (χ4n) is 3.15. The van der Waals surface area contributed by atoms with Gasteiger partial charge < -0.3 is 5.11 Å². The number of hydrogen-bond donors (Lipinski definition) is 1. The third-order valence-corrected chi connectivity index (χ3v) is 4.72. The second kappa shape index (κ2) is 6.75. The van der Waals surface area contributed by atoms with Gasteiger partial charge in [-0.3, -0.25) is 14.4 Å². The van der Waals surface area contributed by atoms with E-state index < -0.39 is 6.09 Å². The summed E-state index contributed by atoms with van der Waals surface area (Å²) in [6, 6.07) is 7.79. The summed E-state index contributed by atoms with van der Waals surface area (Å²) in [5.74, 6) is 0.896. The van der Waals surface area contributed by atoms with Crippen LogP contribution in [-0.2, 0) is 6.54 Å². The molecule has 7 heteroatoms. The Bertz CT molecular complexity index is 728. The number of pyridine rings is 2. The average Bonchev–Trinajstić information content (AvgIpc) is 2.56. The van der Waals surface area contributed by atoms with Crippen LogP contribution in [0.5, 0.6) is 0 Å². The lowest BCUT2D eigenvalue weighted by molar-refractivity contribution is 0.102. The normalized spacial score (nSPS) is 16.8. The summed E-state index contributed by atoms with van der Waals surface area (Å²) in [5.41, 5.74) is 2.14. The van der Waals surface area contributed by atoms with Gasteiger partial charge in [0.1, 0.15) is 19.6 Å². The van der Waals surface area contributed by atoms with E-state index in [4.69, 9.17) is 11.6 Å². The van der Waals surface area contributed by atoms with Gasteiger partial charge in [-0.1, -0.05) is 11.6 Å². The monoisotopic (exact) mass is 347 g/mol. The van der Waals surface area contributed by atoms with Gasteiger partial charge in [0.15, 0.2) is 0 Å². The molecule has 1 aliphatic rings. The minimum atomic E-state index is -0.870. The van der Waals surface area contributed by atoms with Gasteiger partial charge in [0, 0.05) is 12.3 Å². The molecule has 0 radical (unpaired) electrons. The van der Waals surface area contributed by atoms with Gasteiger partial charge >= 0.3 is 6.09 Å². The number of aryl methyl sites for hydroxylation is 1. The van der Waals surface area contributed by atoms with Crippen LogP contribution < -0.4 is 4.48 Å². The first-order valence-corrected chi connectivity index (χ1v) is 8.24. The number of hydrogen-bond acceptors (Lipinski definition) is 3. The molecule has 0 unspecified atom stereocenters. The number of nitrogens with zero attached hydrogens (tertiary/aromatic N) is 4. The van der Waals surface area contributed by atoms with Gasteiger partial charge in [-0.05, 0) is 30.7 Å². The van der Waals surface area contributed by atoms with Crippen LogP contribution >= 0.6 is 11.6 Å². The summed E-state index contributed by atoms with van der Waals surface area (Å²) in [5, 5.41) is 9.81. The average molecular weight is 348 g/mol. The van der Waals surface area contributed by atoms with Crippen molar-refractivity contribution in [1.29, 1.82) is 0 Å². The molecule has 1 fully saturated rings. The van der Waals surface area contributed by atoms with E-state index in [2.05, 4.69) is 16.0 Å². The van der Waals surface area contributed by atoms with E-state index in [1.807, 2.05) is 31.3 Å². The van der Waals surface area contributed by atoms with Crippen LogP contribution in [0, 0.1) is 6.92 Å². The second-order valence-electron chi connectivity index (χ2n) is 6.18. The molecule has 0 bridgehead atoms. The van der Waals surface area contributed by atoms with E-state index >= 15 is 0 Å². The summed E-state index contributed by atoms with van der Waals surface area (Å²) in [6.07, 6.45) is 2.58. The number of carbonyl (C=O) groups is 1. The zero-order chi connectivity index (χ0) is 17.2. The Kier molecular flexibility index (Phi) is 4.69. The highest BCUT2D eigenvalue weighted by Crippen LogP contribution is 2.27. The molecular weight excluding hydrogens is 328 g/mol. The molecule has 1 N–H and O–H groups in total. The Hall–Kier alpha value is -2.18. The van der Waals surface area contributed by atoms with Crippen LogP contribution in [0.15, 0.2) is 36.7 Å². The van der Waals surface area contributed by atoms with E-state index in [1.165, 1.54) is 4.90 Å². The molecule has 126 valence electrons. The molecule has 6 nitrogen and oxygen atoms in total. The van der Waals surface area contributed by atoms with Gasteiger partial charge in [-0.15, -0.1) is 0 Å². The smallest absolute Gasteiger partial charge is 0.407 e. The van der Waals surface area contributed by atoms with Crippen molar-refractivity contribution in [3.05, 3.63) is 52.9 Å². The second-order valence-corrected chi connectivity index (χ2v) is 6.62. The quantitative estimate of drug-likeness (QED) is 0.867. The van der Waals surface area contributed by atoms with Crippen LogP contribution in [-0.4, -0.2) is 52.2 Å². The third kappa shape index (κ3) is 3.49. The highest BCUT2D eigenvalue weighted by Gasteiger charge is 2.38. The van der Waals surface area contributed by atoms with Gasteiger partial charge in [0.05, 0.1) is 30.0 Å². The molecule has 24 heavy (non-hydrogen) atoms. The van der Waals surface area contributed by atoms with Crippen molar-refractivity contribution in [2.75, 3.05) is 26.2 Å². The first-order chi connectivity index (χ1) is 11.5. The fourth-order valence-corrected chi connectivity index (χ4v) is 3.26. The number of amides is 1. The molecule has 0 atom stereocenters. The molecule has 1 aliphatic heterocycles. The molecule has 2 aromatic rings. The molecule has 3 rings (SSSR count). The van der Waals surface area contributed by atoms with Crippen molar-refractivity contribution in [1.82, 2.24) is 19.4 Å². The predicted octanol–water partition coefficient (Wildman–Crippen LogP) is 2.94. The molecule has 0 aromatic carbocycles. The number of piperazine rings is 1. The largest absolute Gasteiger partial charge is 0.465 e. The van der Waals surface area contributed by atoms with Crippen LogP contribution in [0.2, 0.25) is 5.02 Å². The predicted molar refractivity (Wildman–Crippen MR) is 93.1 cm³/mol. The summed E-state index contributed by atoms with van der Waals surface area (Å²) in [6.45, 7) is 5.01. The van der Waals surface area contributed by atoms with Crippen LogP contribution in [0.25, 0.3) is 0 Å². The SMILES string of the molecule is Cc1ccnc(C[N+]2(c3ccc(Cl)cn3)CCN(C(=O)O)CC2)c1. The van der Waals surface area contributed by atoms with Gasteiger partial charge in [-0.2, -0.15) is 0 Å². The van der Waals surface area contributed by atoms with Crippen molar-refractivity contribution in [2.24, 2.45) is 0 Å². The number of rotatable bonds is 3. The molecule has 0 saturated carbocycles. The number of quaternary nitrogens is 1. The third-order valence-electron chi connectivity index (χ3n) is 4.50. The molecule has 1 saturated heterocycles. The summed E-state index contributed by atoms with van der Waals surface area (Å²) in [4.78, 5) is 21.7. The molecular formula is C17H20ClN4O2+. The van der Waals surface area contributed by atoms with Crippen LogP contribution in [0.3, 0.4) is 0 Å². The standard InChI is InChI=1S/C17H19ClN4O2/c1-13-4-5-19-15(10-13)12-22(16-3-2-14(18)11-20-16)8-6-21(7-9-22)17(23)24/h2-5,10-11H,6-9,12H2,1H3/p+1. The highest BCUT2D eigenvalue weighted by molar-refractivity contribution is 6.30. The zero-order valence-corrected chi connectivity index (χ0v) is 14.3. The Morgan fingerprint density at radius 3 is 2.62 bits per heavy atom. The van der Waals surface area contributed by atoms with Crippen molar-refractivity contribution in [2.45, 2.75) is 13.5 Å². The maximum atomic E-state index is 11.2. The highest BCUT2D eigenvalue weighted by atomic mass is 35.5. The summed E-state index contributed by atoms with van der Waals surface area (Å²) >= 11 is 5.97. The first-order valence-electron chi connectivity index (χ1n) is 7.86. The maximum Gasteiger partial charge on any atom is 0.407 e. The number of aromatic nitrogens is 2. The van der Waals surface area contributed by atoms with Gasteiger partial charge in [0.25, 0.3) is 0 Å². The minimum Gasteiger partial charge on any atom is -0.465 e. The van der Waals surface area contributed by atoms with Crippen molar-refractivity contribution in [3.63, 3.8) is 0 Å². The molecule has 0 spiro atoms. The summed E-state index contributed by atoms with van der Waals surface area (Å²) < 4.78 is 0.581. The van der Waals surface area contributed by atoms with Crippen molar-refractivity contribution >= 4 is 23.5 Å². The minimum absolute atomic E-state index is 0.478. The van der Waals surface area contributed by atoms with E-state index in [9.17, 15) is 9.90 Å². The van der Waals surface area contributed by atoms with E-state index in [-0.39, 0.29) is 0 Å². The van der Waals surface area contributed by atoms with Crippen molar-refractivity contribution in [3.8, 4) is 0 Å². The lowest BCUT2D eigenvalue weighted by atomic mass is 10.1. The maximum absolute atomic E-state index is 11.2. The van der Waals surface area contributed by atoms with E-state index in [1.54, 1.807) is 6.20 Å². The topological polar surface area (TPSA) is 66.3 Å². The Balaban J connectivity index is 1.92. The molecule has 2 aromatic heterocycles. The molecule has 1 amide bonds. The molecule has 0 aliphatic carbocycles. The van der Waals surface area contributed by atoms with E-state index in [0.29, 0.717) is 42.2 Å². The Morgan fingerprint density at radius 1 is 1.29 bits per heavy atom. The van der Waals surface area contributed by atoms with Crippen LogP contribution in [0.4, 0.5) is 10.6 Å². The van der Waals surface area contributed by atoms with Gasteiger partial charge in [0.2, 0.25) is 5.82 Å². The number of carboxylic acid groups (broad SMARTS) is 1. The lowest BCUT2D eigenvalue weighted by Gasteiger charge is -2.42. The van der Waals surface area contributed by atoms with E-state index in [0.717, 1.165) is 17.1 Å². The first kappa shape index (κ1) is 16.7. The molecule has 3 heterocycles. The fraction of sp³-hybridized carbons (Fsp3) is 0.353. The lowest BCUT2D eigenvalue weighted by Crippen LogP contribution is -2.61. The van der Waals surface area contributed by atoms with Gasteiger partial charge in [-0.25, -0.2) is 9.78 Å². The Labute approximate surface area is 145 Å².